The van der Waals surface area contributed by atoms with Crippen molar-refractivity contribution in [2.24, 2.45) is 0 Å². The third-order valence-corrected chi connectivity index (χ3v) is 5.42. The number of fused-ring (bicyclic) bond motifs is 1. The van der Waals surface area contributed by atoms with E-state index in [1.165, 1.54) is 5.69 Å². The lowest BCUT2D eigenvalue weighted by Gasteiger charge is -2.37. The van der Waals surface area contributed by atoms with Crippen LogP contribution in [0.3, 0.4) is 0 Å². The standard InChI is InChI=1S/C21H19ClN6O/c1-14-23-26-21(29-14)19-17-4-2-3-5-18(17)20(25-24-19)28-12-10-27(11-13-28)16-8-6-15(22)7-9-16/h2-9H,10-13H2,1H3. The molecule has 1 fully saturated rings. The van der Waals surface area contributed by atoms with Crippen LogP contribution in [-0.4, -0.2) is 46.6 Å². The minimum atomic E-state index is 0.394. The molecule has 146 valence electrons. The molecular weight excluding hydrogens is 388 g/mol. The molecule has 1 aliphatic heterocycles. The van der Waals surface area contributed by atoms with E-state index in [2.05, 4.69) is 48.4 Å². The Bertz CT molecular complexity index is 1150. The number of piperazine rings is 1. The maximum absolute atomic E-state index is 6.01. The van der Waals surface area contributed by atoms with Crippen LogP contribution in [0.5, 0.6) is 0 Å². The van der Waals surface area contributed by atoms with Crippen molar-refractivity contribution < 1.29 is 4.42 Å². The maximum Gasteiger partial charge on any atom is 0.268 e. The first-order valence-electron chi connectivity index (χ1n) is 9.50. The van der Waals surface area contributed by atoms with Crippen molar-refractivity contribution in [3.05, 3.63) is 59.4 Å². The Labute approximate surface area is 172 Å². The van der Waals surface area contributed by atoms with Crippen LogP contribution in [0.15, 0.2) is 52.9 Å². The second-order valence-electron chi connectivity index (χ2n) is 6.99. The Morgan fingerprint density at radius 1 is 0.793 bits per heavy atom. The lowest BCUT2D eigenvalue weighted by molar-refractivity contribution is 0.530. The van der Waals surface area contributed by atoms with Gasteiger partial charge in [-0.3, -0.25) is 0 Å². The van der Waals surface area contributed by atoms with Crippen LogP contribution in [0.4, 0.5) is 11.5 Å². The summed E-state index contributed by atoms with van der Waals surface area (Å²) >= 11 is 6.01. The molecule has 1 saturated heterocycles. The van der Waals surface area contributed by atoms with Gasteiger partial charge in [0.1, 0.15) is 0 Å². The Morgan fingerprint density at radius 2 is 1.48 bits per heavy atom. The first-order valence-corrected chi connectivity index (χ1v) is 9.88. The molecule has 4 aromatic rings. The third-order valence-electron chi connectivity index (χ3n) is 5.17. The molecule has 0 radical (unpaired) electrons. The van der Waals surface area contributed by atoms with Crippen molar-refractivity contribution in [1.82, 2.24) is 20.4 Å². The Hall–Kier alpha value is -3.19. The predicted octanol–water partition coefficient (Wildman–Crippen LogP) is 3.97. The molecule has 8 heteroatoms. The van der Waals surface area contributed by atoms with E-state index in [0.717, 1.165) is 47.8 Å². The van der Waals surface area contributed by atoms with Crippen LogP contribution in [0.2, 0.25) is 5.02 Å². The average molecular weight is 407 g/mol. The number of nitrogens with zero attached hydrogens (tertiary/aromatic N) is 6. The highest BCUT2D eigenvalue weighted by Crippen LogP contribution is 2.31. The van der Waals surface area contributed by atoms with Crippen molar-refractivity contribution in [3.8, 4) is 11.6 Å². The molecule has 1 aliphatic rings. The van der Waals surface area contributed by atoms with Crippen molar-refractivity contribution in [2.45, 2.75) is 6.92 Å². The Balaban J connectivity index is 1.43. The van der Waals surface area contributed by atoms with E-state index in [1.54, 1.807) is 6.92 Å². The van der Waals surface area contributed by atoms with Gasteiger partial charge in [-0.05, 0) is 24.3 Å². The van der Waals surface area contributed by atoms with Gasteiger partial charge in [0.2, 0.25) is 5.89 Å². The van der Waals surface area contributed by atoms with Gasteiger partial charge in [-0.2, -0.15) is 0 Å². The summed E-state index contributed by atoms with van der Waals surface area (Å²) < 4.78 is 5.58. The number of aromatic nitrogens is 4. The molecule has 0 aliphatic carbocycles. The summed E-state index contributed by atoms with van der Waals surface area (Å²) in [5.41, 5.74) is 1.80. The fourth-order valence-electron chi connectivity index (χ4n) is 3.70. The van der Waals surface area contributed by atoms with Crippen LogP contribution < -0.4 is 9.80 Å². The average Bonchev–Trinajstić information content (AvgIpc) is 3.20. The van der Waals surface area contributed by atoms with Crippen LogP contribution in [0, 0.1) is 6.92 Å². The van der Waals surface area contributed by atoms with Gasteiger partial charge in [-0.25, -0.2) is 0 Å². The zero-order valence-corrected chi connectivity index (χ0v) is 16.7. The SMILES string of the molecule is Cc1nnc(-c2nnc(N3CCN(c4ccc(Cl)cc4)CC3)c3ccccc23)o1. The molecule has 0 bridgehead atoms. The topological polar surface area (TPSA) is 71.2 Å². The molecule has 7 nitrogen and oxygen atoms in total. The molecule has 5 rings (SSSR count). The van der Waals surface area contributed by atoms with Crippen LogP contribution in [0.25, 0.3) is 22.4 Å². The van der Waals surface area contributed by atoms with E-state index in [4.69, 9.17) is 16.0 Å². The van der Waals surface area contributed by atoms with Gasteiger partial charge in [-0.15, -0.1) is 20.4 Å². The summed E-state index contributed by atoms with van der Waals surface area (Å²) in [7, 11) is 0. The zero-order chi connectivity index (χ0) is 19.8. The molecule has 0 N–H and O–H groups in total. The quantitative estimate of drug-likeness (QED) is 0.509. The van der Waals surface area contributed by atoms with Crippen molar-refractivity contribution in [3.63, 3.8) is 0 Å². The van der Waals surface area contributed by atoms with Crippen LogP contribution in [0.1, 0.15) is 5.89 Å². The maximum atomic E-state index is 6.01. The highest BCUT2D eigenvalue weighted by atomic mass is 35.5. The zero-order valence-electron chi connectivity index (χ0n) is 15.9. The van der Waals surface area contributed by atoms with E-state index < -0.39 is 0 Å². The number of benzene rings is 2. The lowest BCUT2D eigenvalue weighted by atomic mass is 10.1. The summed E-state index contributed by atoms with van der Waals surface area (Å²) in [6.07, 6.45) is 0. The minimum Gasteiger partial charge on any atom is -0.420 e. The molecule has 0 atom stereocenters. The van der Waals surface area contributed by atoms with E-state index >= 15 is 0 Å². The highest BCUT2D eigenvalue weighted by Gasteiger charge is 2.22. The number of hydrogen-bond acceptors (Lipinski definition) is 7. The Kier molecular flexibility index (Phi) is 4.52. The second kappa shape index (κ2) is 7.33. The van der Waals surface area contributed by atoms with Gasteiger partial charge in [0, 0.05) is 54.6 Å². The van der Waals surface area contributed by atoms with E-state index in [1.807, 2.05) is 30.3 Å². The van der Waals surface area contributed by atoms with Crippen molar-refractivity contribution >= 4 is 33.9 Å². The van der Waals surface area contributed by atoms with Gasteiger partial charge in [0.15, 0.2) is 11.5 Å². The van der Waals surface area contributed by atoms with Crippen LogP contribution >= 0.6 is 11.6 Å². The molecule has 2 aromatic heterocycles. The van der Waals surface area contributed by atoms with E-state index in [0.29, 0.717) is 17.5 Å². The van der Waals surface area contributed by atoms with E-state index in [-0.39, 0.29) is 0 Å². The third kappa shape index (κ3) is 3.38. The monoisotopic (exact) mass is 406 g/mol. The summed E-state index contributed by atoms with van der Waals surface area (Å²) in [5, 5.41) is 19.7. The molecular formula is C21H19ClN6O. The number of aryl methyl sites for hydroxylation is 1. The van der Waals surface area contributed by atoms with E-state index in [9.17, 15) is 0 Å². The molecule has 0 spiro atoms. The molecule has 0 saturated carbocycles. The fourth-order valence-corrected chi connectivity index (χ4v) is 3.83. The Morgan fingerprint density at radius 3 is 2.17 bits per heavy atom. The number of rotatable bonds is 3. The summed E-state index contributed by atoms with van der Waals surface area (Å²) in [5.74, 6) is 1.79. The van der Waals surface area contributed by atoms with Gasteiger partial charge < -0.3 is 14.2 Å². The molecule has 0 amide bonds. The predicted molar refractivity (Wildman–Crippen MR) is 113 cm³/mol. The smallest absolute Gasteiger partial charge is 0.268 e. The lowest BCUT2D eigenvalue weighted by Crippen LogP contribution is -2.47. The second-order valence-corrected chi connectivity index (χ2v) is 7.43. The molecule has 0 unspecified atom stereocenters. The van der Waals surface area contributed by atoms with Gasteiger partial charge in [0.25, 0.3) is 5.89 Å². The summed E-state index contributed by atoms with van der Waals surface area (Å²) in [6, 6.07) is 16.1. The minimum absolute atomic E-state index is 0.394. The van der Waals surface area contributed by atoms with Crippen molar-refractivity contribution in [2.75, 3.05) is 36.0 Å². The van der Waals surface area contributed by atoms with Gasteiger partial charge in [-0.1, -0.05) is 35.9 Å². The molecule has 29 heavy (non-hydrogen) atoms. The summed E-state index contributed by atoms with van der Waals surface area (Å²) in [4.78, 5) is 4.64. The number of anilines is 2. The van der Waals surface area contributed by atoms with Gasteiger partial charge >= 0.3 is 0 Å². The number of hydrogen-bond donors (Lipinski definition) is 0. The van der Waals surface area contributed by atoms with Gasteiger partial charge in [0.05, 0.1) is 0 Å². The molecule has 3 heterocycles. The summed E-state index contributed by atoms with van der Waals surface area (Å²) in [6.45, 7) is 5.30. The van der Waals surface area contributed by atoms with Crippen LogP contribution in [-0.2, 0) is 0 Å². The molecule has 2 aromatic carbocycles. The normalized spacial score (nSPS) is 14.6. The largest absolute Gasteiger partial charge is 0.420 e. The number of halogens is 1. The fraction of sp³-hybridized carbons (Fsp3) is 0.238. The first kappa shape index (κ1) is 17.9. The first-order chi connectivity index (χ1) is 14.2. The highest BCUT2D eigenvalue weighted by molar-refractivity contribution is 6.30. The van der Waals surface area contributed by atoms with Crippen molar-refractivity contribution in [1.29, 1.82) is 0 Å².